The second kappa shape index (κ2) is 9.95. The van der Waals surface area contributed by atoms with Gasteiger partial charge in [0.1, 0.15) is 5.75 Å². The summed E-state index contributed by atoms with van der Waals surface area (Å²) in [5, 5.41) is 8.47. The molecule has 2 aliphatic heterocycles. The van der Waals surface area contributed by atoms with Crippen molar-refractivity contribution in [3.8, 4) is 17.1 Å². The molecule has 1 saturated heterocycles. The quantitative estimate of drug-likeness (QED) is 0.479. The Morgan fingerprint density at radius 3 is 2.65 bits per heavy atom. The SMILES string of the molecule is CCOc1ccc(-c2noc(C3=C(C)N(CC4CCCO4)C(=S)NC3c3ccccc3)n2)cc1. The van der Waals surface area contributed by atoms with E-state index >= 15 is 0 Å². The third kappa shape index (κ3) is 4.56. The summed E-state index contributed by atoms with van der Waals surface area (Å²) in [6.07, 6.45) is 2.27. The Bertz CT molecular complexity index is 1170. The minimum Gasteiger partial charge on any atom is -0.494 e. The predicted octanol–water partition coefficient (Wildman–Crippen LogP) is 4.98. The van der Waals surface area contributed by atoms with Crippen molar-refractivity contribution >= 4 is 22.9 Å². The summed E-state index contributed by atoms with van der Waals surface area (Å²) in [5.74, 6) is 1.82. The lowest BCUT2D eigenvalue weighted by Gasteiger charge is -2.38. The number of aromatic nitrogens is 2. The summed E-state index contributed by atoms with van der Waals surface area (Å²) in [6, 6.07) is 17.7. The van der Waals surface area contributed by atoms with Crippen LogP contribution in [0.4, 0.5) is 0 Å². The molecule has 8 heteroatoms. The second-order valence-electron chi connectivity index (χ2n) is 8.42. The van der Waals surface area contributed by atoms with Gasteiger partial charge < -0.3 is 24.2 Å². The molecule has 34 heavy (non-hydrogen) atoms. The van der Waals surface area contributed by atoms with E-state index in [9.17, 15) is 0 Å². The average Bonchev–Trinajstić information content (AvgIpc) is 3.55. The zero-order chi connectivity index (χ0) is 23.5. The summed E-state index contributed by atoms with van der Waals surface area (Å²) in [6.45, 7) is 6.15. The van der Waals surface area contributed by atoms with Crippen LogP contribution in [-0.4, -0.2) is 46.0 Å². The smallest absolute Gasteiger partial charge is 0.258 e. The van der Waals surface area contributed by atoms with E-state index in [1.165, 1.54) is 0 Å². The molecule has 2 atom stereocenters. The Balaban J connectivity index is 1.52. The maximum Gasteiger partial charge on any atom is 0.258 e. The van der Waals surface area contributed by atoms with Crippen molar-refractivity contribution in [3.05, 3.63) is 71.7 Å². The summed E-state index contributed by atoms with van der Waals surface area (Å²) in [5.41, 5.74) is 3.86. The number of nitrogens with zero attached hydrogens (tertiary/aromatic N) is 3. The molecule has 1 fully saturated rings. The zero-order valence-electron chi connectivity index (χ0n) is 19.4. The molecule has 3 aromatic rings. The van der Waals surface area contributed by atoms with Crippen molar-refractivity contribution in [3.63, 3.8) is 0 Å². The van der Waals surface area contributed by atoms with Crippen molar-refractivity contribution in [1.29, 1.82) is 0 Å². The van der Waals surface area contributed by atoms with Gasteiger partial charge in [0, 0.05) is 17.9 Å². The molecule has 1 aromatic heterocycles. The van der Waals surface area contributed by atoms with Gasteiger partial charge in [0.2, 0.25) is 5.82 Å². The number of hydrogen-bond donors (Lipinski definition) is 1. The molecule has 0 amide bonds. The van der Waals surface area contributed by atoms with Crippen molar-refractivity contribution < 1.29 is 14.0 Å². The van der Waals surface area contributed by atoms with Gasteiger partial charge >= 0.3 is 0 Å². The molecule has 0 saturated carbocycles. The molecule has 2 aliphatic rings. The highest BCUT2D eigenvalue weighted by molar-refractivity contribution is 7.80. The van der Waals surface area contributed by atoms with Crippen LogP contribution in [0.5, 0.6) is 5.75 Å². The van der Waals surface area contributed by atoms with Crippen molar-refractivity contribution in [2.24, 2.45) is 0 Å². The molecule has 2 unspecified atom stereocenters. The molecule has 0 aliphatic carbocycles. The molecule has 3 heterocycles. The third-order valence-corrected chi connectivity index (χ3v) is 6.56. The van der Waals surface area contributed by atoms with Gasteiger partial charge in [0.25, 0.3) is 5.89 Å². The number of hydrogen-bond acceptors (Lipinski definition) is 6. The normalized spacial score (nSPS) is 20.5. The van der Waals surface area contributed by atoms with Gasteiger partial charge in [0.15, 0.2) is 5.11 Å². The van der Waals surface area contributed by atoms with Crippen molar-refractivity contribution in [1.82, 2.24) is 20.4 Å². The van der Waals surface area contributed by atoms with E-state index in [4.69, 9.17) is 31.2 Å². The summed E-state index contributed by atoms with van der Waals surface area (Å²) >= 11 is 5.78. The first-order valence-electron chi connectivity index (χ1n) is 11.7. The van der Waals surface area contributed by atoms with Crippen LogP contribution in [-0.2, 0) is 4.74 Å². The van der Waals surface area contributed by atoms with E-state index in [-0.39, 0.29) is 12.1 Å². The number of nitrogens with one attached hydrogen (secondary N) is 1. The van der Waals surface area contributed by atoms with E-state index in [0.717, 1.165) is 47.6 Å². The number of allylic oxidation sites excluding steroid dienone is 1. The van der Waals surface area contributed by atoms with E-state index in [0.29, 0.717) is 30.0 Å². The van der Waals surface area contributed by atoms with Crippen LogP contribution in [0.15, 0.2) is 64.8 Å². The first-order valence-corrected chi connectivity index (χ1v) is 12.1. The first-order chi connectivity index (χ1) is 16.6. The van der Waals surface area contributed by atoms with Gasteiger partial charge in [-0.15, -0.1) is 0 Å². The van der Waals surface area contributed by atoms with E-state index in [1.807, 2.05) is 49.4 Å². The summed E-state index contributed by atoms with van der Waals surface area (Å²) < 4.78 is 17.2. The van der Waals surface area contributed by atoms with Gasteiger partial charge in [-0.25, -0.2) is 0 Å². The molecule has 176 valence electrons. The minimum atomic E-state index is -0.192. The van der Waals surface area contributed by atoms with Gasteiger partial charge in [-0.05, 0) is 68.7 Å². The lowest BCUT2D eigenvalue weighted by atomic mass is 9.94. The molecular formula is C26H28N4O3S. The summed E-state index contributed by atoms with van der Waals surface area (Å²) in [4.78, 5) is 6.88. The fourth-order valence-corrected chi connectivity index (χ4v) is 4.81. The van der Waals surface area contributed by atoms with Crippen molar-refractivity contribution in [2.75, 3.05) is 19.8 Å². The Morgan fingerprint density at radius 1 is 1.15 bits per heavy atom. The van der Waals surface area contributed by atoms with Crippen LogP contribution in [0.3, 0.4) is 0 Å². The Labute approximate surface area is 204 Å². The molecule has 7 nitrogen and oxygen atoms in total. The van der Waals surface area contributed by atoms with E-state index in [2.05, 4.69) is 34.4 Å². The summed E-state index contributed by atoms with van der Waals surface area (Å²) in [7, 11) is 0. The Hall–Kier alpha value is -3.23. The number of rotatable bonds is 7. The highest BCUT2D eigenvalue weighted by atomic mass is 32.1. The number of ether oxygens (including phenoxy) is 2. The largest absolute Gasteiger partial charge is 0.494 e. The highest BCUT2D eigenvalue weighted by Gasteiger charge is 2.35. The molecule has 1 N–H and O–H groups in total. The van der Waals surface area contributed by atoms with E-state index < -0.39 is 0 Å². The average molecular weight is 477 g/mol. The maximum absolute atomic E-state index is 5.88. The fourth-order valence-electron chi connectivity index (χ4n) is 4.48. The van der Waals surface area contributed by atoms with Crippen LogP contribution >= 0.6 is 12.2 Å². The van der Waals surface area contributed by atoms with Crippen LogP contribution in [0.2, 0.25) is 0 Å². The molecule has 5 rings (SSSR count). The predicted molar refractivity (Wildman–Crippen MR) is 134 cm³/mol. The second-order valence-corrected chi connectivity index (χ2v) is 8.81. The standard InChI is InChI=1S/C26H28N4O3S/c1-3-31-20-13-11-19(12-14-20)24-28-25(33-29-24)22-17(2)30(16-21-10-7-15-32-21)26(34)27-23(22)18-8-5-4-6-9-18/h4-6,8-9,11-14,21,23H,3,7,10,15-16H2,1-2H3,(H,27,34). The Kier molecular flexibility index (Phi) is 6.60. The highest BCUT2D eigenvalue weighted by Crippen LogP contribution is 2.37. The zero-order valence-corrected chi connectivity index (χ0v) is 20.2. The molecule has 0 radical (unpaired) electrons. The van der Waals surface area contributed by atoms with Crippen LogP contribution in [0, 0.1) is 0 Å². The van der Waals surface area contributed by atoms with E-state index in [1.54, 1.807) is 0 Å². The third-order valence-electron chi connectivity index (χ3n) is 6.22. The maximum atomic E-state index is 5.88. The number of thiocarbonyl (C=S) groups is 1. The lowest BCUT2D eigenvalue weighted by Crippen LogP contribution is -2.48. The van der Waals surface area contributed by atoms with Crippen LogP contribution < -0.4 is 10.1 Å². The molecule has 2 aromatic carbocycles. The topological polar surface area (TPSA) is 72.7 Å². The minimum absolute atomic E-state index is 0.159. The molecule has 0 spiro atoms. The van der Waals surface area contributed by atoms with Crippen molar-refractivity contribution in [2.45, 2.75) is 38.8 Å². The number of benzene rings is 2. The van der Waals surface area contributed by atoms with Gasteiger partial charge in [-0.3, -0.25) is 0 Å². The molecule has 0 bridgehead atoms. The Morgan fingerprint density at radius 2 is 1.94 bits per heavy atom. The first kappa shape index (κ1) is 22.6. The molecular weight excluding hydrogens is 448 g/mol. The fraction of sp³-hybridized carbons (Fsp3) is 0.346. The van der Waals surface area contributed by atoms with Crippen LogP contribution in [0.1, 0.15) is 44.2 Å². The van der Waals surface area contributed by atoms with Crippen LogP contribution in [0.25, 0.3) is 17.0 Å². The monoisotopic (exact) mass is 476 g/mol. The van der Waals surface area contributed by atoms with Gasteiger partial charge in [-0.2, -0.15) is 4.98 Å². The lowest BCUT2D eigenvalue weighted by molar-refractivity contribution is 0.0962. The van der Waals surface area contributed by atoms with Gasteiger partial charge in [0.05, 0.1) is 30.9 Å². The van der Waals surface area contributed by atoms with Gasteiger partial charge in [-0.1, -0.05) is 35.5 Å².